The van der Waals surface area contributed by atoms with Crippen LogP contribution in [0, 0.1) is 0 Å². The van der Waals surface area contributed by atoms with Gasteiger partial charge in [-0.3, -0.25) is 14.4 Å². The topological polar surface area (TPSA) is 67.0 Å². The first kappa shape index (κ1) is 18.8. The summed E-state index contributed by atoms with van der Waals surface area (Å²) in [5.41, 5.74) is 2.35. The second kappa shape index (κ2) is 7.49. The maximum absolute atomic E-state index is 13.3. The summed E-state index contributed by atoms with van der Waals surface area (Å²) >= 11 is 5.93. The molecular formula is C24H16ClNO3. The van der Waals surface area contributed by atoms with Crippen molar-refractivity contribution in [2.24, 2.45) is 0 Å². The van der Waals surface area contributed by atoms with Gasteiger partial charge in [-0.25, -0.2) is 0 Å². The number of rotatable bonds is 4. The Balaban J connectivity index is 1.98. The Labute approximate surface area is 171 Å². The number of para-hydroxylation sites is 1. The van der Waals surface area contributed by atoms with E-state index in [9.17, 15) is 14.4 Å². The molecule has 0 aliphatic heterocycles. The minimum atomic E-state index is -0.390. The molecule has 142 valence electrons. The molecule has 3 aromatic carbocycles. The van der Waals surface area contributed by atoms with Gasteiger partial charge in [0.2, 0.25) is 5.43 Å². The van der Waals surface area contributed by atoms with Gasteiger partial charge in [0.05, 0.1) is 11.3 Å². The van der Waals surface area contributed by atoms with Crippen LogP contribution in [0.25, 0.3) is 22.2 Å². The molecule has 0 saturated carbocycles. The van der Waals surface area contributed by atoms with Gasteiger partial charge in [0.25, 0.3) is 0 Å². The fourth-order valence-electron chi connectivity index (χ4n) is 3.29. The summed E-state index contributed by atoms with van der Waals surface area (Å²) in [5, 5.41) is 0.947. The summed E-state index contributed by atoms with van der Waals surface area (Å²) in [6, 6.07) is 20.3. The Kier molecular flexibility index (Phi) is 4.87. The van der Waals surface area contributed by atoms with Crippen molar-refractivity contribution < 1.29 is 9.59 Å². The normalized spacial score (nSPS) is 10.8. The number of Topliss-reactive ketones (excluding diaryl/α,β-unsaturated/α-hetero) is 1. The molecule has 4 aromatic rings. The van der Waals surface area contributed by atoms with E-state index in [-0.39, 0.29) is 22.6 Å². The van der Waals surface area contributed by atoms with Crippen LogP contribution in [-0.4, -0.2) is 16.6 Å². The summed E-state index contributed by atoms with van der Waals surface area (Å²) in [4.78, 5) is 41.4. The minimum Gasteiger partial charge on any atom is -0.354 e. The van der Waals surface area contributed by atoms with E-state index in [2.05, 4.69) is 4.98 Å². The number of ketones is 2. The maximum atomic E-state index is 13.3. The first-order valence-electron chi connectivity index (χ1n) is 9.02. The molecule has 29 heavy (non-hydrogen) atoms. The quantitative estimate of drug-likeness (QED) is 0.473. The summed E-state index contributed by atoms with van der Waals surface area (Å²) < 4.78 is 0. The molecule has 0 aliphatic carbocycles. The smallest absolute Gasteiger partial charge is 0.201 e. The van der Waals surface area contributed by atoms with Crippen molar-refractivity contribution in [2.75, 3.05) is 0 Å². The maximum Gasteiger partial charge on any atom is 0.201 e. The molecule has 0 fully saturated rings. The highest BCUT2D eigenvalue weighted by atomic mass is 35.5. The third-order valence-electron chi connectivity index (χ3n) is 4.82. The predicted octanol–water partition coefficient (Wildman–Crippen LogP) is 5.28. The lowest BCUT2D eigenvalue weighted by atomic mass is 9.95. The van der Waals surface area contributed by atoms with Crippen LogP contribution in [0.2, 0.25) is 5.02 Å². The number of pyridine rings is 1. The largest absolute Gasteiger partial charge is 0.354 e. The van der Waals surface area contributed by atoms with Crippen LogP contribution in [-0.2, 0) is 0 Å². The Hall–Kier alpha value is -3.50. The number of aromatic nitrogens is 1. The van der Waals surface area contributed by atoms with Crippen molar-refractivity contribution in [1.82, 2.24) is 4.98 Å². The number of hydrogen-bond acceptors (Lipinski definition) is 3. The molecule has 0 unspecified atom stereocenters. The first-order chi connectivity index (χ1) is 14.0. The van der Waals surface area contributed by atoms with Gasteiger partial charge >= 0.3 is 0 Å². The number of hydrogen-bond donors (Lipinski definition) is 1. The molecule has 0 spiro atoms. The van der Waals surface area contributed by atoms with E-state index >= 15 is 0 Å². The molecule has 1 aromatic heterocycles. The second-order valence-electron chi connectivity index (χ2n) is 6.72. The van der Waals surface area contributed by atoms with Crippen molar-refractivity contribution in [3.63, 3.8) is 0 Å². The van der Waals surface area contributed by atoms with E-state index in [1.165, 1.54) is 6.92 Å². The van der Waals surface area contributed by atoms with Crippen LogP contribution in [0.3, 0.4) is 0 Å². The highest BCUT2D eigenvalue weighted by Crippen LogP contribution is 2.25. The van der Waals surface area contributed by atoms with Crippen LogP contribution >= 0.6 is 11.6 Å². The van der Waals surface area contributed by atoms with Crippen molar-refractivity contribution >= 4 is 34.1 Å². The van der Waals surface area contributed by atoms with Crippen molar-refractivity contribution in [3.05, 3.63) is 105 Å². The average Bonchev–Trinajstić information content (AvgIpc) is 2.74. The van der Waals surface area contributed by atoms with Gasteiger partial charge in [-0.1, -0.05) is 48.0 Å². The van der Waals surface area contributed by atoms with Crippen LogP contribution < -0.4 is 5.43 Å². The molecular weight excluding hydrogens is 386 g/mol. The SMILES string of the molecule is CC(=O)c1ccc(-c2[nH]c3ccccc3c(=O)c2C(=O)c2ccc(Cl)cc2)cc1. The highest BCUT2D eigenvalue weighted by molar-refractivity contribution is 6.30. The van der Waals surface area contributed by atoms with Crippen molar-refractivity contribution in [1.29, 1.82) is 0 Å². The molecule has 0 radical (unpaired) electrons. The Morgan fingerprint density at radius 2 is 1.45 bits per heavy atom. The first-order valence-corrected chi connectivity index (χ1v) is 9.40. The van der Waals surface area contributed by atoms with E-state index in [1.807, 2.05) is 6.07 Å². The number of carbonyl (C=O) groups is 2. The number of carbonyl (C=O) groups excluding carboxylic acids is 2. The number of nitrogens with one attached hydrogen (secondary N) is 1. The van der Waals surface area contributed by atoms with Crippen molar-refractivity contribution in [3.8, 4) is 11.3 Å². The molecule has 0 saturated heterocycles. The van der Waals surface area contributed by atoms with Gasteiger partial charge in [0.1, 0.15) is 0 Å². The zero-order valence-electron chi connectivity index (χ0n) is 15.5. The third-order valence-corrected chi connectivity index (χ3v) is 5.07. The molecule has 1 heterocycles. The van der Waals surface area contributed by atoms with Gasteiger partial charge < -0.3 is 4.98 Å². The Morgan fingerprint density at radius 3 is 2.10 bits per heavy atom. The fourth-order valence-corrected chi connectivity index (χ4v) is 3.41. The summed E-state index contributed by atoms with van der Waals surface area (Å²) in [6.07, 6.45) is 0. The molecule has 0 bridgehead atoms. The number of H-pyrrole nitrogens is 1. The lowest BCUT2D eigenvalue weighted by Gasteiger charge is -2.12. The van der Waals surface area contributed by atoms with E-state index in [0.29, 0.717) is 38.3 Å². The zero-order valence-corrected chi connectivity index (χ0v) is 16.3. The number of aromatic amines is 1. The molecule has 0 amide bonds. The predicted molar refractivity (Wildman–Crippen MR) is 115 cm³/mol. The third kappa shape index (κ3) is 3.50. The molecule has 0 aliphatic rings. The molecule has 0 atom stereocenters. The molecule has 4 nitrogen and oxygen atoms in total. The standard InChI is InChI=1S/C24H16ClNO3/c1-14(27)15-6-8-16(9-7-15)22-21(23(28)17-10-12-18(25)13-11-17)24(29)19-4-2-3-5-20(19)26-22/h2-13H,1H3,(H,26,29). The second-order valence-corrected chi connectivity index (χ2v) is 7.16. The fraction of sp³-hybridized carbons (Fsp3) is 0.0417. The lowest BCUT2D eigenvalue weighted by Crippen LogP contribution is -2.19. The Morgan fingerprint density at radius 1 is 0.828 bits per heavy atom. The molecule has 1 N–H and O–H groups in total. The Bertz CT molecular complexity index is 1300. The average molecular weight is 402 g/mol. The van der Waals surface area contributed by atoms with Crippen molar-refractivity contribution in [2.45, 2.75) is 6.92 Å². The van der Waals surface area contributed by atoms with E-state index in [0.717, 1.165) is 0 Å². The van der Waals surface area contributed by atoms with Crippen LogP contribution in [0.5, 0.6) is 0 Å². The van der Waals surface area contributed by atoms with Gasteiger partial charge in [-0.15, -0.1) is 0 Å². The number of fused-ring (bicyclic) bond motifs is 1. The van der Waals surface area contributed by atoms with E-state index in [1.54, 1.807) is 66.7 Å². The summed E-state index contributed by atoms with van der Waals surface area (Å²) in [7, 11) is 0. The monoisotopic (exact) mass is 401 g/mol. The van der Waals surface area contributed by atoms with Crippen LogP contribution in [0.15, 0.2) is 77.6 Å². The van der Waals surface area contributed by atoms with Gasteiger partial charge in [-0.05, 0) is 48.9 Å². The number of benzene rings is 3. The van der Waals surface area contributed by atoms with Gasteiger partial charge in [-0.2, -0.15) is 0 Å². The molecule has 5 heteroatoms. The molecule has 4 rings (SSSR count). The minimum absolute atomic E-state index is 0.0546. The number of halogens is 1. The van der Waals surface area contributed by atoms with Gasteiger partial charge in [0.15, 0.2) is 11.6 Å². The van der Waals surface area contributed by atoms with Gasteiger partial charge in [0, 0.05) is 27.1 Å². The van der Waals surface area contributed by atoms with E-state index in [4.69, 9.17) is 11.6 Å². The summed E-state index contributed by atoms with van der Waals surface area (Å²) in [5.74, 6) is -0.444. The summed E-state index contributed by atoms with van der Waals surface area (Å²) in [6.45, 7) is 1.49. The van der Waals surface area contributed by atoms with E-state index < -0.39 is 0 Å². The lowest BCUT2D eigenvalue weighted by molar-refractivity contribution is 0.101. The zero-order chi connectivity index (χ0) is 20.5. The highest BCUT2D eigenvalue weighted by Gasteiger charge is 2.21. The van der Waals surface area contributed by atoms with Crippen LogP contribution in [0.1, 0.15) is 33.2 Å². The van der Waals surface area contributed by atoms with Crippen LogP contribution in [0.4, 0.5) is 0 Å².